The number of anilines is 2. The molecule has 7 nitrogen and oxygen atoms in total. The van der Waals surface area contributed by atoms with E-state index in [-0.39, 0.29) is 6.61 Å². The monoisotopic (exact) mass is 434 g/mol. The molecule has 0 amide bonds. The van der Waals surface area contributed by atoms with Gasteiger partial charge in [0.15, 0.2) is 5.82 Å². The predicted octanol–water partition coefficient (Wildman–Crippen LogP) is 4.56. The summed E-state index contributed by atoms with van der Waals surface area (Å²) in [6.07, 6.45) is 3.55. The molecule has 2 aromatic rings. The number of ether oxygens (including phenoxy) is 1. The summed E-state index contributed by atoms with van der Waals surface area (Å²) in [7, 11) is 0. The van der Waals surface area contributed by atoms with Crippen molar-refractivity contribution in [2.45, 2.75) is 19.8 Å². The molecule has 1 saturated heterocycles. The van der Waals surface area contributed by atoms with Crippen molar-refractivity contribution in [3.63, 3.8) is 0 Å². The van der Waals surface area contributed by atoms with E-state index in [0.717, 1.165) is 43.1 Å². The van der Waals surface area contributed by atoms with Crippen LogP contribution in [0.4, 0.5) is 11.4 Å². The summed E-state index contributed by atoms with van der Waals surface area (Å²) in [6, 6.07) is 20.1. The second-order valence-corrected chi connectivity index (χ2v) is 7.67. The van der Waals surface area contributed by atoms with Crippen LogP contribution in [0.15, 0.2) is 82.7 Å². The molecule has 7 heteroatoms. The molecule has 0 radical (unpaired) electrons. The minimum Gasteiger partial charge on any atom is -0.480 e. The molecule has 0 bridgehead atoms. The SMILES string of the molecule is C=N/C=C(\N=C(/C)N1CCC(COCC(=O)O)CC1)N(c1ccccc1)c1ccccc1. The topological polar surface area (TPSA) is 77.7 Å². The van der Waals surface area contributed by atoms with Gasteiger partial charge in [0.05, 0.1) is 12.8 Å². The van der Waals surface area contributed by atoms with Gasteiger partial charge in [-0.05, 0) is 56.7 Å². The van der Waals surface area contributed by atoms with Crippen molar-refractivity contribution in [1.29, 1.82) is 0 Å². The van der Waals surface area contributed by atoms with Crippen LogP contribution >= 0.6 is 0 Å². The van der Waals surface area contributed by atoms with Crippen molar-refractivity contribution in [2.75, 3.05) is 31.2 Å². The molecule has 1 aliphatic rings. The maximum absolute atomic E-state index is 10.6. The van der Waals surface area contributed by atoms with Crippen LogP contribution in [0.1, 0.15) is 19.8 Å². The molecule has 1 N–H and O–H groups in total. The van der Waals surface area contributed by atoms with Crippen molar-refractivity contribution in [3.05, 3.63) is 72.7 Å². The third kappa shape index (κ3) is 6.52. The Balaban J connectivity index is 1.76. The Labute approximate surface area is 189 Å². The number of piperidine rings is 1. The highest BCUT2D eigenvalue weighted by Crippen LogP contribution is 2.30. The van der Waals surface area contributed by atoms with Gasteiger partial charge in [0.1, 0.15) is 12.4 Å². The molecule has 0 saturated carbocycles. The lowest BCUT2D eigenvalue weighted by molar-refractivity contribution is -0.142. The zero-order chi connectivity index (χ0) is 22.8. The molecule has 1 fully saturated rings. The summed E-state index contributed by atoms with van der Waals surface area (Å²) in [5, 5.41) is 8.72. The molecule has 3 rings (SSSR count). The molecular formula is C25H30N4O3. The number of carboxylic acids is 1. The van der Waals surface area contributed by atoms with E-state index in [9.17, 15) is 4.79 Å². The number of hydrogen-bond donors (Lipinski definition) is 1. The van der Waals surface area contributed by atoms with Crippen molar-refractivity contribution in [3.8, 4) is 0 Å². The zero-order valence-corrected chi connectivity index (χ0v) is 18.4. The number of carbonyl (C=O) groups is 1. The molecule has 1 heterocycles. The maximum atomic E-state index is 10.6. The third-order valence-electron chi connectivity index (χ3n) is 5.39. The summed E-state index contributed by atoms with van der Waals surface area (Å²) in [5.74, 6) is 1.03. The second kappa shape index (κ2) is 11.8. The van der Waals surface area contributed by atoms with E-state index in [1.54, 1.807) is 6.20 Å². The van der Waals surface area contributed by atoms with Gasteiger partial charge in [-0.25, -0.2) is 9.79 Å². The van der Waals surface area contributed by atoms with Gasteiger partial charge in [0.25, 0.3) is 0 Å². The smallest absolute Gasteiger partial charge is 0.329 e. The average Bonchev–Trinajstić information content (AvgIpc) is 2.81. The summed E-state index contributed by atoms with van der Waals surface area (Å²) in [4.78, 5) is 23.9. The minimum absolute atomic E-state index is 0.238. The summed E-state index contributed by atoms with van der Waals surface area (Å²) < 4.78 is 5.27. The van der Waals surface area contributed by atoms with Gasteiger partial charge >= 0.3 is 5.97 Å². The van der Waals surface area contributed by atoms with Crippen LogP contribution in [0, 0.1) is 5.92 Å². The number of likely N-dealkylation sites (tertiary alicyclic amines) is 1. The van der Waals surface area contributed by atoms with E-state index in [0.29, 0.717) is 18.3 Å². The fourth-order valence-electron chi connectivity index (χ4n) is 3.76. The second-order valence-electron chi connectivity index (χ2n) is 7.67. The molecule has 168 valence electrons. The lowest BCUT2D eigenvalue weighted by atomic mass is 9.98. The number of rotatable bonds is 9. The molecule has 0 aromatic heterocycles. The summed E-state index contributed by atoms with van der Waals surface area (Å²) >= 11 is 0. The van der Waals surface area contributed by atoms with E-state index in [1.165, 1.54) is 0 Å². The number of hydrogen-bond acceptors (Lipinski definition) is 5. The number of nitrogens with zero attached hydrogens (tertiary/aromatic N) is 4. The Morgan fingerprint density at radius 3 is 2.19 bits per heavy atom. The Morgan fingerprint density at radius 2 is 1.69 bits per heavy atom. The Hall–Kier alpha value is -3.45. The van der Waals surface area contributed by atoms with Crippen molar-refractivity contribution in [2.24, 2.45) is 15.9 Å². The van der Waals surface area contributed by atoms with Gasteiger partial charge in [0, 0.05) is 24.5 Å². The van der Waals surface area contributed by atoms with E-state index in [2.05, 4.69) is 21.5 Å². The van der Waals surface area contributed by atoms with Crippen LogP contribution in [0.5, 0.6) is 0 Å². The molecule has 2 aromatic carbocycles. The Morgan fingerprint density at radius 1 is 1.12 bits per heavy atom. The van der Waals surface area contributed by atoms with Crippen molar-refractivity contribution in [1.82, 2.24) is 4.90 Å². The van der Waals surface area contributed by atoms with Crippen LogP contribution in [0.25, 0.3) is 0 Å². The maximum Gasteiger partial charge on any atom is 0.329 e. The van der Waals surface area contributed by atoms with E-state index < -0.39 is 5.97 Å². The van der Waals surface area contributed by atoms with Crippen LogP contribution in [0.3, 0.4) is 0 Å². The normalized spacial score (nSPS) is 15.5. The molecule has 1 aliphatic heterocycles. The van der Waals surface area contributed by atoms with Gasteiger partial charge in [-0.2, -0.15) is 0 Å². The predicted molar refractivity (Wildman–Crippen MR) is 129 cm³/mol. The van der Waals surface area contributed by atoms with Gasteiger partial charge in [0.2, 0.25) is 0 Å². The van der Waals surface area contributed by atoms with Crippen LogP contribution < -0.4 is 4.90 Å². The number of amidine groups is 1. The third-order valence-corrected chi connectivity index (χ3v) is 5.39. The van der Waals surface area contributed by atoms with Crippen LogP contribution in [0.2, 0.25) is 0 Å². The molecule has 0 spiro atoms. The number of aliphatic imine (C=N–C) groups is 2. The number of para-hydroxylation sites is 2. The number of aliphatic carboxylic acids is 1. The van der Waals surface area contributed by atoms with Gasteiger partial charge < -0.3 is 14.7 Å². The first-order chi connectivity index (χ1) is 15.6. The molecular weight excluding hydrogens is 404 g/mol. The Bertz CT molecular complexity index is 897. The average molecular weight is 435 g/mol. The fraction of sp³-hybridized carbons (Fsp3) is 0.320. The Kier molecular flexibility index (Phi) is 8.57. The first-order valence-electron chi connectivity index (χ1n) is 10.7. The molecule has 0 aliphatic carbocycles. The van der Waals surface area contributed by atoms with Gasteiger partial charge in [-0.1, -0.05) is 36.4 Å². The van der Waals surface area contributed by atoms with E-state index in [4.69, 9.17) is 14.8 Å². The van der Waals surface area contributed by atoms with Crippen LogP contribution in [-0.2, 0) is 9.53 Å². The zero-order valence-electron chi connectivity index (χ0n) is 18.4. The van der Waals surface area contributed by atoms with Gasteiger partial charge in [-0.15, -0.1) is 0 Å². The van der Waals surface area contributed by atoms with Gasteiger partial charge in [-0.3, -0.25) is 9.89 Å². The van der Waals surface area contributed by atoms with Crippen molar-refractivity contribution >= 4 is 29.9 Å². The standard InChI is InChI=1S/C25H30N4O3/c1-20(28-15-13-21(14-16-28)18-32-19-25(30)31)27-24(17-26-2)29(22-9-5-3-6-10-22)23-11-7-4-8-12-23/h3-12,17,21H,2,13-16,18-19H2,1H3,(H,30,31)/b24-17+,27-20+. The fourth-order valence-corrected chi connectivity index (χ4v) is 3.76. The lowest BCUT2D eigenvalue weighted by Gasteiger charge is -2.33. The highest BCUT2D eigenvalue weighted by atomic mass is 16.5. The largest absolute Gasteiger partial charge is 0.480 e. The van der Waals surface area contributed by atoms with E-state index in [1.807, 2.05) is 67.6 Å². The minimum atomic E-state index is -0.929. The quantitative estimate of drug-likeness (QED) is 0.463. The first-order valence-corrected chi connectivity index (χ1v) is 10.7. The molecule has 32 heavy (non-hydrogen) atoms. The number of carboxylic acid groups (broad SMARTS) is 1. The van der Waals surface area contributed by atoms with Crippen molar-refractivity contribution < 1.29 is 14.6 Å². The highest BCUT2D eigenvalue weighted by molar-refractivity contribution is 5.82. The molecule has 0 unspecified atom stereocenters. The van der Waals surface area contributed by atoms with E-state index >= 15 is 0 Å². The first kappa shape index (κ1) is 23.2. The summed E-state index contributed by atoms with van der Waals surface area (Å²) in [6.45, 7) is 7.60. The lowest BCUT2D eigenvalue weighted by Crippen LogP contribution is -2.38. The number of benzene rings is 2. The van der Waals surface area contributed by atoms with Crippen LogP contribution in [-0.4, -0.2) is 54.8 Å². The molecule has 0 atom stereocenters. The summed E-state index contributed by atoms with van der Waals surface area (Å²) in [5.41, 5.74) is 1.97. The highest BCUT2D eigenvalue weighted by Gasteiger charge is 2.22.